The lowest BCUT2D eigenvalue weighted by atomic mass is 10.3. The average molecular weight is 445 g/mol. The number of aliphatic hydroxyl groups excluding tert-OH is 1. The molecule has 1 aromatic carbocycles. The van der Waals surface area contributed by atoms with Gasteiger partial charge in [-0.25, -0.2) is 4.79 Å². The van der Waals surface area contributed by atoms with Gasteiger partial charge in [0.25, 0.3) is 5.56 Å². The molecule has 0 spiro atoms. The van der Waals surface area contributed by atoms with Crippen LogP contribution in [0.5, 0.6) is 5.75 Å². The number of aromatic nitrogens is 4. The van der Waals surface area contributed by atoms with Crippen molar-refractivity contribution in [1.29, 1.82) is 0 Å². The van der Waals surface area contributed by atoms with Crippen molar-refractivity contribution in [3.05, 3.63) is 51.2 Å². The number of hydrogen-bond acceptors (Lipinski definition) is 7. The third kappa shape index (κ3) is 5.03. The molecule has 0 saturated carbocycles. The summed E-state index contributed by atoms with van der Waals surface area (Å²) < 4.78 is 9.69. The van der Waals surface area contributed by atoms with Gasteiger partial charge in [0, 0.05) is 27.2 Å². The minimum Gasteiger partial charge on any atom is -0.491 e. The molecule has 2 N–H and O–H groups in total. The smallest absolute Gasteiger partial charge is 0.332 e. The van der Waals surface area contributed by atoms with Crippen molar-refractivity contribution in [1.82, 2.24) is 23.6 Å². The van der Waals surface area contributed by atoms with Crippen molar-refractivity contribution in [3.63, 3.8) is 0 Å². The van der Waals surface area contributed by atoms with E-state index in [0.29, 0.717) is 18.2 Å². The molecule has 0 aliphatic carbocycles. The minimum atomic E-state index is -0.891. The van der Waals surface area contributed by atoms with Crippen LogP contribution in [0.3, 0.4) is 0 Å². The van der Waals surface area contributed by atoms with Crippen LogP contribution in [0.1, 0.15) is 13.8 Å². The molecule has 10 nitrogen and oxygen atoms in total. The predicted octanol–water partition coefficient (Wildman–Crippen LogP) is 0.627. The molecule has 0 aliphatic heterocycles. The number of fused-ring (bicyclic) bond motifs is 1. The fourth-order valence-electron chi connectivity index (χ4n) is 3.60. The Hall–Kier alpha value is -3.11. The highest BCUT2D eigenvalue weighted by atomic mass is 16.5. The summed E-state index contributed by atoms with van der Waals surface area (Å²) in [6.45, 7) is 7.60. The Kier molecular flexibility index (Phi) is 7.70. The van der Waals surface area contributed by atoms with Crippen molar-refractivity contribution >= 4 is 17.1 Å². The lowest BCUT2D eigenvalue weighted by molar-refractivity contribution is 0.0938. The standard InChI is InChI=1S/C22H32N6O4/c1-5-27(6-2)13-12-23-21-24-19-18(20(30)26(4)22(31)25(19)3)28(21)14-16(29)15-32-17-10-8-7-9-11-17/h7-11,16,29H,5-6,12-15H2,1-4H3,(H,23,24)/t16-/m1/s1. The highest BCUT2D eigenvalue weighted by Crippen LogP contribution is 2.17. The minimum absolute atomic E-state index is 0.0503. The first-order chi connectivity index (χ1) is 15.4. The number of aryl methyl sites for hydroxylation is 1. The Morgan fingerprint density at radius 2 is 1.81 bits per heavy atom. The van der Waals surface area contributed by atoms with Gasteiger partial charge in [0.2, 0.25) is 5.95 Å². The first-order valence-corrected chi connectivity index (χ1v) is 10.9. The topological polar surface area (TPSA) is 107 Å². The van der Waals surface area contributed by atoms with Crippen LogP contribution < -0.4 is 21.3 Å². The molecule has 0 aliphatic rings. The zero-order valence-electron chi connectivity index (χ0n) is 19.1. The number of likely N-dealkylation sites (N-methyl/N-ethyl adjacent to an activating group) is 1. The summed E-state index contributed by atoms with van der Waals surface area (Å²) in [4.78, 5) is 32.1. The Morgan fingerprint density at radius 3 is 2.47 bits per heavy atom. The number of nitrogens with zero attached hydrogens (tertiary/aromatic N) is 5. The van der Waals surface area contributed by atoms with E-state index in [1.54, 1.807) is 11.6 Å². The molecule has 0 bridgehead atoms. The van der Waals surface area contributed by atoms with Crippen molar-refractivity contribution < 1.29 is 9.84 Å². The molecule has 0 radical (unpaired) electrons. The van der Waals surface area contributed by atoms with Gasteiger partial charge in [-0.2, -0.15) is 4.98 Å². The molecule has 32 heavy (non-hydrogen) atoms. The van der Waals surface area contributed by atoms with Crippen LogP contribution in [0.25, 0.3) is 11.2 Å². The van der Waals surface area contributed by atoms with Gasteiger partial charge in [-0.15, -0.1) is 0 Å². The number of imidazole rings is 1. The van der Waals surface area contributed by atoms with Gasteiger partial charge in [-0.1, -0.05) is 32.0 Å². The number of hydrogen-bond donors (Lipinski definition) is 2. The van der Waals surface area contributed by atoms with E-state index in [0.717, 1.165) is 24.2 Å². The number of benzene rings is 1. The van der Waals surface area contributed by atoms with Crippen molar-refractivity contribution in [2.75, 3.05) is 38.1 Å². The highest BCUT2D eigenvalue weighted by molar-refractivity contribution is 5.74. The van der Waals surface area contributed by atoms with Crippen LogP contribution in [0.4, 0.5) is 5.95 Å². The normalized spacial score (nSPS) is 12.4. The SMILES string of the molecule is CCN(CC)CCNc1nc2c(c(=O)n(C)c(=O)n2C)n1C[C@@H](O)COc1ccccc1. The second-order valence-corrected chi connectivity index (χ2v) is 7.66. The van der Waals surface area contributed by atoms with Crippen LogP contribution in [0, 0.1) is 0 Å². The number of anilines is 1. The monoisotopic (exact) mass is 444 g/mol. The lowest BCUT2D eigenvalue weighted by Crippen LogP contribution is -2.38. The van der Waals surface area contributed by atoms with Gasteiger partial charge < -0.3 is 24.6 Å². The first kappa shape index (κ1) is 23.6. The molecule has 174 valence electrons. The van der Waals surface area contributed by atoms with Crippen molar-refractivity contribution in [3.8, 4) is 5.75 Å². The van der Waals surface area contributed by atoms with Crippen LogP contribution in [-0.4, -0.2) is 67.6 Å². The Bertz CT molecular complexity index is 1150. The Morgan fingerprint density at radius 1 is 1.12 bits per heavy atom. The largest absolute Gasteiger partial charge is 0.491 e. The predicted molar refractivity (Wildman–Crippen MR) is 124 cm³/mol. The maximum absolute atomic E-state index is 12.9. The van der Waals surface area contributed by atoms with Gasteiger partial charge in [0.15, 0.2) is 11.2 Å². The first-order valence-electron chi connectivity index (χ1n) is 10.9. The number of para-hydroxylation sites is 1. The summed E-state index contributed by atoms with van der Waals surface area (Å²) in [5.74, 6) is 1.09. The summed E-state index contributed by atoms with van der Waals surface area (Å²) in [6.07, 6.45) is -0.891. The molecule has 3 rings (SSSR count). The number of aliphatic hydroxyl groups is 1. The third-order valence-electron chi connectivity index (χ3n) is 5.53. The number of ether oxygens (including phenoxy) is 1. The van der Waals surface area contributed by atoms with Gasteiger partial charge in [-0.3, -0.25) is 13.9 Å². The van der Waals surface area contributed by atoms with Crippen LogP contribution in [0.15, 0.2) is 39.9 Å². The number of rotatable bonds is 11. The summed E-state index contributed by atoms with van der Waals surface area (Å²) in [6, 6.07) is 9.22. The third-order valence-corrected chi connectivity index (χ3v) is 5.53. The quantitative estimate of drug-likeness (QED) is 0.447. The van der Waals surface area contributed by atoms with E-state index in [4.69, 9.17) is 4.74 Å². The number of nitrogens with one attached hydrogen (secondary N) is 1. The van der Waals surface area contributed by atoms with E-state index in [1.807, 2.05) is 30.3 Å². The molecule has 1 atom stereocenters. The maximum Gasteiger partial charge on any atom is 0.332 e. The molecule has 2 aromatic heterocycles. The van der Waals surface area contributed by atoms with Gasteiger partial charge >= 0.3 is 5.69 Å². The van der Waals surface area contributed by atoms with E-state index in [2.05, 4.69) is 29.0 Å². The van der Waals surface area contributed by atoms with E-state index in [1.165, 1.54) is 11.6 Å². The van der Waals surface area contributed by atoms with Crippen molar-refractivity contribution in [2.24, 2.45) is 14.1 Å². The van der Waals surface area contributed by atoms with Gasteiger partial charge in [0.05, 0.1) is 6.54 Å². The molecule has 3 aromatic rings. The van der Waals surface area contributed by atoms with Crippen LogP contribution in [-0.2, 0) is 20.6 Å². The van der Waals surface area contributed by atoms with Crippen LogP contribution in [0.2, 0.25) is 0 Å². The second-order valence-electron chi connectivity index (χ2n) is 7.66. The van der Waals surface area contributed by atoms with E-state index >= 15 is 0 Å². The lowest BCUT2D eigenvalue weighted by Gasteiger charge is -2.19. The zero-order chi connectivity index (χ0) is 23.3. The van der Waals surface area contributed by atoms with Crippen molar-refractivity contribution in [2.45, 2.75) is 26.5 Å². The molecule has 0 saturated heterocycles. The molecular formula is C22H32N6O4. The average Bonchev–Trinajstić information content (AvgIpc) is 3.16. The molecule has 0 fully saturated rings. The summed E-state index contributed by atoms with van der Waals surface area (Å²) in [5.41, 5.74) is -0.364. The molecule has 2 heterocycles. The Labute approximate surface area is 186 Å². The fourth-order valence-corrected chi connectivity index (χ4v) is 3.60. The maximum atomic E-state index is 12.9. The Balaban J connectivity index is 1.90. The fraction of sp³-hybridized carbons (Fsp3) is 0.500. The van der Waals surface area contributed by atoms with Gasteiger partial charge in [-0.05, 0) is 25.2 Å². The van der Waals surface area contributed by atoms with Crippen LogP contribution >= 0.6 is 0 Å². The summed E-state index contributed by atoms with van der Waals surface area (Å²) >= 11 is 0. The van der Waals surface area contributed by atoms with Gasteiger partial charge in [0.1, 0.15) is 18.5 Å². The molecular weight excluding hydrogens is 412 g/mol. The van der Waals surface area contributed by atoms with E-state index in [9.17, 15) is 14.7 Å². The molecule has 0 unspecified atom stereocenters. The van der Waals surface area contributed by atoms with E-state index in [-0.39, 0.29) is 24.3 Å². The summed E-state index contributed by atoms with van der Waals surface area (Å²) in [7, 11) is 3.01. The molecule has 0 amide bonds. The zero-order valence-corrected chi connectivity index (χ0v) is 19.1. The highest BCUT2D eigenvalue weighted by Gasteiger charge is 2.21. The summed E-state index contributed by atoms with van der Waals surface area (Å²) in [5, 5.41) is 13.9. The second kappa shape index (κ2) is 10.5. The molecule has 10 heteroatoms. The van der Waals surface area contributed by atoms with E-state index < -0.39 is 17.4 Å².